The number of nitrogens with zero attached hydrogens (tertiary/aromatic N) is 1. The van der Waals surface area contributed by atoms with E-state index in [0.29, 0.717) is 5.56 Å². The average Bonchev–Trinajstić information content (AvgIpc) is 2.57. The number of carbonyl (C=O) groups is 2. The Balaban J connectivity index is 0.00000156. The van der Waals surface area contributed by atoms with Crippen LogP contribution in [-0.4, -0.2) is 11.6 Å². The van der Waals surface area contributed by atoms with Gasteiger partial charge in [0.05, 0.1) is 5.56 Å². The standard InChI is InChI=1S/C19H12NO2.ClH/c21-18-11-10-17-15(19(18)22)12-13-6-4-5-9-16(13)20(17)14-7-2-1-3-8-14;/h1-12H;1H/q+1;/p-1. The van der Waals surface area contributed by atoms with Gasteiger partial charge in [0.25, 0.3) is 0 Å². The second-order valence-electron chi connectivity index (χ2n) is 5.20. The van der Waals surface area contributed by atoms with Crippen LogP contribution in [0.2, 0.25) is 0 Å². The van der Waals surface area contributed by atoms with Gasteiger partial charge < -0.3 is 12.4 Å². The molecule has 1 aliphatic rings. The lowest BCUT2D eigenvalue weighted by atomic mass is 9.96. The zero-order valence-electron chi connectivity index (χ0n) is 12.1. The first-order valence-corrected chi connectivity index (χ1v) is 7.06. The first-order valence-electron chi connectivity index (χ1n) is 7.06. The summed E-state index contributed by atoms with van der Waals surface area (Å²) in [4.78, 5) is 23.9. The molecule has 4 heteroatoms. The zero-order valence-corrected chi connectivity index (χ0v) is 12.8. The van der Waals surface area contributed by atoms with Crippen molar-refractivity contribution in [3.05, 3.63) is 78.0 Å². The molecule has 0 spiro atoms. The normalized spacial score (nSPS) is 12.9. The summed E-state index contributed by atoms with van der Waals surface area (Å²) in [6.45, 7) is 0. The highest BCUT2D eigenvalue weighted by Crippen LogP contribution is 2.22. The van der Waals surface area contributed by atoms with E-state index in [1.54, 1.807) is 12.1 Å². The van der Waals surface area contributed by atoms with E-state index < -0.39 is 11.6 Å². The highest BCUT2D eigenvalue weighted by molar-refractivity contribution is 6.49. The van der Waals surface area contributed by atoms with E-state index in [-0.39, 0.29) is 12.4 Å². The Kier molecular flexibility index (Phi) is 3.80. The summed E-state index contributed by atoms with van der Waals surface area (Å²) in [6, 6.07) is 19.5. The number of hydrogen-bond acceptors (Lipinski definition) is 2. The number of rotatable bonds is 1. The summed E-state index contributed by atoms with van der Waals surface area (Å²) in [5, 5.41) is 0.932. The Bertz CT molecular complexity index is 962. The van der Waals surface area contributed by atoms with E-state index in [0.717, 1.165) is 22.3 Å². The number of carbonyl (C=O) groups excluding carboxylic acids is 2. The maximum Gasteiger partial charge on any atom is 0.239 e. The number of benzene rings is 2. The third kappa shape index (κ3) is 2.35. The lowest BCUT2D eigenvalue weighted by Crippen LogP contribution is -3.00. The first kappa shape index (κ1) is 15.1. The van der Waals surface area contributed by atoms with Crippen molar-refractivity contribution >= 4 is 28.5 Å². The van der Waals surface area contributed by atoms with Crippen molar-refractivity contribution in [3.63, 3.8) is 0 Å². The van der Waals surface area contributed by atoms with E-state index in [9.17, 15) is 9.59 Å². The van der Waals surface area contributed by atoms with Crippen molar-refractivity contribution in [2.45, 2.75) is 0 Å². The van der Waals surface area contributed by atoms with Crippen molar-refractivity contribution in [2.24, 2.45) is 0 Å². The molecule has 0 radical (unpaired) electrons. The monoisotopic (exact) mass is 321 g/mol. The molecule has 23 heavy (non-hydrogen) atoms. The lowest BCUT2D eigenvalue weighted by molar-refractivity contribution is -0.569. The van der Waals surface area contributed by atoms with E-state index in [1.165, 1.54) is 6.08 Å². The molecule has 0 aliphatic heterocycles. The Morgan fingerprint density at radius 1 is 0.783 bits per heavy atom. The zero-order chi connectivity index (χ0) is 15.1. The van der Waals surface area contributed by atoms with Crippen LogP contribution in [0.15, 0.2) is 66.7 Å². The van der Waals surface area contributed by atoms with Gasteiger partial charge in [-0.05, 0) is 18.2 Å². The number of hydrogen-bond donors (Lipinski definition) is 0. The topological polar surface area (TPSA) is 38.0 Å². The summed E-state index contributed by atoms with van der Waals surface area (Å²) >= 11 is 0. The van der Waals surface area contributed by atoms with Crippen LogP contribution in [0.25, 0.3) is 22.7 Å². The van der Waals surface area contributed by atoms with E-state index >= 15 is 0 Å². The van der Waals surface area contributed by atoms with Crippen LogP contribution in [0.5, 0.6) is 0 Å². The Morgan fingerprint density at radius 2 is 1.48 bits per heavy atom. The number of para-hydroxylation sites is 2. The van der Waals surface area contributed by atoms with Crippen molar-refractivity contribution in [1.29, 1.82) is 0 Å². The molecule has 0 bridgehead atoms. The molecule has 1 heterocycles. The van der Waals surface area contributed by atoms with Crippen LogP contribution in [0.1, 0.15) is 16.1 Å². The molecule has 0 N–H and O–H groups in total. The summed E-state index contributed by atoms with van der Waals surface area (Å²) in [7, 11) is 0. The molecule has 0 fully saturated rings. The van der Waals surface area contributed by atoms with Crippen LogP contribution in [0.4, 0.5) is 0 Å². The Hall–Kier alpha value is -2.78. The fraction of sp³-hybridized carbons (Fsp3) is 0. The number of ketones is 2. The Labute approximate surface area is 139 Å². The van der Waals surface area contributed by atoms with Crippen LogP contribution in [-0.2, 0) is 4.79 Å². The first-order chi connectivity index (χ1) is 10.8. The summed E-state index contributed by atoms with van der Waals surface area (Å²) in [6.07, 6.45) is 3.07. The third-order valence-electron chi connectivity index (χ3n) is 3.87. The quantitative estimate of drug-likeness (QED) is 0.464. The SMILES string of the molecule is O=C1C=Cc2c(cc3ccccc3[n+]2-c2ccccc2)C1=O.[Cl-]. The van der Waals surface area contributed by atoms with Gasteiger partial charge in [-0.3, -0.25) is 9.59 Å². The Morgan fingerprint density at radius 3 is 2.26 bits per heavy atom. The van der Waals surface area contributed by atoms with Crippen LogP contribution < -0.4 is 17.0 Å². The van der Waals surface area contributed by atoms with E-state index in [1.807, 2.05) is 59.2 Å². The summed E-state index contributed by atoms with van der Waals surface area (Å²) < 4.78 is 2.02. The van der Waals surface area contributed by atoms with Gasteiger partial charge in [0, 0.05) is 29.7 Å². The number of fused-ring (bicyclic) bond motifs is 2. The van der Waals surface area contributed by atoms with Gasteiger partial charge in [-0.1, -0.05) is 30.3 Å². The molecule has 1 aromatic heterocycles. The van der Waals surface area contributed by atoms with Crippen molar-refractivity contribution in [3.8, 4) is 5.69 Å². The molecule has 4 rings (SSSR count). The van der Waals surface area contributed by atoms with E-state index in [4.69, 9.17) is 0 Å². The minimum atomic E-state index is -0.470. The van der Waals surface area contributed by atoms with Gasteiger partial charge in [-0.25, -0.2) is 0 Å². The number of halogens is 1. The lowest BCUT2D eigenvalue weighted by Gasteiger charge is -2.10. The average molecular weight is 322 g/mol. The van der Waals surface area contributed by atoms with Gasteiger partial charge in [-0.15, -0.1) is 0 Å². The summed E-state index contributed by atoms with van der Waals surface area (Å²) in [5.74, 6) is -0.921. The van der Waals surface area contributed by atoms with Gasteiger partial charge in [0.1, 0.15) is 0 Å². The number of allylic oxidation sites excluding steroid dienone is 1. The molecule has 0 saturated heterocycles. The smallest absolute Gasteiger partial charge is 0.239 e. The fourth-order valence-electron chi connectivity index (χ4n) is 2.86. The van der Waals surface area contributed by atoms with Crippen molar-refractivity contribution < 1.29 is 26.6 Å². The van der Waals surface area contributed by atoms with Crippen LogP contribution in [0.3, 0.4) is 0 Å². The minimum Gasteiger partial charge on any atom is -1.00 e. The van der Waals surface area contributed by atoms with Gasteiger partial charge in [0.2, 0.25) is 28.5 Å². The highest BCUT2D eigenvalue weighted by Gasteiger charge is 2.30. The maximum absolute atomic E-state index is 12.2. The molecule has 0 saturated carbocycles. The van der Waals surface area contributed by atoms with Gasteiger partial charge in [-0.2, -0.15) is 4.57 Å². The molecule has 0 atom stereocenters. The summed E-state index contributed by atoms with van der Waals surface area (Å²) in [5.41, 5.74) is 3.16. The number of Topliss-reactive ketones (excluding diaryl/α,β-unsaturated/α-hetero) is 1. The molecular formula is C19H12ClNO2. The molecule has 2 aromatic carbocycles. The van der Waals surface area contributed by atoms with Crippen LogP contribution in [0, 0.1) is 0 Å². The number of aromatic nitrogens is 1. The predicted molar refractivity (Wildman–Crippen MR) is 83.9 cm³/mol. The molecule has 3 nitrogen and oxygen atoms in total. The van der Waals surface area contributed by atoms with Crippen molar-refractivity contribution in [1.82, 2.24) is 0 Å². The molecule has 0 unspecified atom stereocenters. The molecule has 112 valence electrons. The fourth-order valence-corrected chi connectivity index (χ4v) is 2.86. The molecule has 1 aliphatic carbocycles. The van der Waals surface area contributed by atoms with Crippen LogP contribution >= 0.6 is 0 Å². The maximum atomic E-state index is 12.2. The molecule has 0 amide bonds. The largest absolute Gasteiger partial charge is 1.00 e. The highest BCUT2D eigenvalue weighted by atomic mass is 35.5. The molecule has 3 aromatic rings. The molecular weight excluding hydrogens is 310 g/mol. The second-order valence-corrected chi connectivity index (χ2v) is 5.20. The second kappa shape index (κ2) is 5.78. The third-order valence-corrected chi connectivity index (χ3v) is 3.87. The minimum absolute atomic E-state index is 0. The van der Waals surface area contributed by atoms with Gasteiger partial charge in [0.15, 0.2) is 0 Å². The number of pyridine rings is 1. The van der Waals surface area contributed by atoms with Gasteiger partial charge >= 0.3 is 0 Å². The van der Waals surface area contributed by atoms with Crippen molar-refractivity contribution in [2.75, 3.05) is 0 Å². The van der Waals surface area contributed by atoms with E-state index in [2.05, 4.69) is 0 Å². The predicted octanol–water partition coefficient (Wildman–Crippen LogP) is -0.101.